The van der Waals surface area contributed by atoms with Gasteiger partial charge in [-0.2, -0.15) is 0 Å². The Morgan fingerprint density at radius 1 is 1.37 bits per heavy atom. The summed E-state index contributed by atoms with van der Waals surface area (Å²) in [6, 6.07) is 10.0. The largest absolute Gasteiger partial charge is 0.496 e. The molecule has 0 aliphatic carbocycles. The highest BCUT2D eigenvalue weighted by molar-refractivity contribution is 5.39. The molecule has 0 amide bonds. The number of nitrogens with one attached hydrogen (secondary N) is 1. The SMILES string of the molecule is COc1ccc(C)cc1C(CCc1ccco1)NN. The van der Waals surface area contributed by atoms with Gasteiger partial charge in [-0.15, -0.1) is 0 Å². The lowest BCUT2D eigenvalue weighted by atomic mass is 9.99. The van der Waals surface area contributed by atoms with Crippen LogP contribution in [0.5, 0.6) is 5.75 Å². The number of furan rings is 1. The first-order chi connectivity index (χ1) is 9.24. The Hall–Kier alpha value is -1.78. The van der Waals surface area contributed by atoms with Gasteiger partial charge in [0.05, 0.1) is 19.4 Å². The topological polar surface area (TPSA) is 60.4 Å². The smallest absolute Gasteiger partial charge is 0.123 e. The zero-order chi connectivity index (χ0) is 13.7. The van der Waals surface area contributed by atoms with Crippen molar-refractivity contribution in [3.8, 4) is 5.75 Å². The van der Waals surface area contributed by atoms with E-state index in [1.807, 2.05) is 24.3 Å². The highest BCUT2D eigenvalue weighted by Crippen LogP contribution is 2.28. The molecule has 0 fully saturated rings. The van der Waals surface area contributed by atoms with Crippen LogP contribution in [0.3, 0.4) is 0 Å². The molecule has 1 aromatic heterocycles. The molecule has 19 heavy (non-hydrogen) atoms. The van der Waals surface area contributed by atoms with Crippen molar-refractivity contribution in [2.75, 3.05) is 7.11 Å². The van der Waals surface area contributed by atoms with Crippen LogP contribution in [0.15, 0.2) is 41.0 Å². The maximum absolute atomic E-state index is 5.68. The number of benzene rings is 1. The minimum atomic E-state index is 0.0416. The first kappa shape index (κ1) is 13.6. The maximum atomic E-state index is 5.68. The molecule has 2 rings (SSSR count). The molecule has 1 unspecified atom stereocenters. The van der Waals surface area contributed by atoms with Crippen molar-refractivity contribution < 1.29 is 9.15 Å². The molecule has 3 N–H and O–H groups in total. The molecule has 4 nitrogen and oxygen atoms in total. The molecule has 0 saturated heterocycles. The van der Waals surface area contributed by atoms with Crippen molar-refractivity contribution in [1.82, 2.24) is 5.43 Å². The minimum Gasteiger partial charge on any atom is -0.496 e. The second-order valence-electron chi connectivity index (χ2n) is 4.58. The predicted molar refractivity (Wildman–Crippen MR) is 74.8 cm³/mol. The van der Waals surface area contributed by atoms with Crippen molar-refractivity contribution in [1.29, 1.82) is 0 Å². The number of hydrogen-bond acceptors (Lipinski definition) is 4. The fourth-order valence-corrected chi connectivity index (χ4v) is 2.20. The highest BCUT2D eigenvalue weighted by atomic mass is 16.5. The number of rotatable bonds is 6. The van der Waals surface area contributed by atoms with Gasteiger partial charge in [0.1, 0.15) is 11.5 Å². The monoisotopic (exact) mass is 260 g/mol. The lowest BCUT2D eigenvalue weighted by Gasteiger charge is -2.19. The molecule has 1 heterocycles. The first-order valence-corrected chi connectivity index (χ1v) is 6.37. The molecular weight excluding hydrogens is 240 g/mol. The van der Waals surface area contributed by atoms with Gasteiger partial charge in [-0.1, -0.05) is 17.7 Å². The molecular formula is C15H20N2O2. The maximum Gasteiger partial charge on any atom is 0.123 e. The van der Waals surface area contributed by atoms with E-state index in [4.69, 9.17) is 15.0 Å². The van der Waals surface area contributed by atoms with Gasteiger partial charge in [-0.25, -0.2) is 0 Å². The first-order valence-electron chi connectivity index (χ1n) is 6.37. The number of ether oxygens (including phenoxy) is 1. The van der Waals surface area contributed by atoms with Gasteiger partial charge in [0.25, 0.3) is 0 Å². The second kappa shape index (κ2) is 6.41. The summed E-state index contributed by atoms with van der Waals surface area (Å²) in [5.74, 6) is 7.50. The van der Waals surface area contributed by atoms with E-state index in [2.05, 4.69) is 18.4 Å². The van der Waals surface area contributed by atoms with E-state index in [0.29, 0.717) is 0 Å². The molecule has 0 aliphatic heterocycles. The summed E-state index contributed by atoms with van der Waals surface area (Å²) in [5, 5.41) is 0. The molecule has 1 atom stereocenters. The summed E-state index contributed by atoms with van der Waals surface area (Å²) >= 11 is 0. The molecule has 0 bridgehead atoms. The van der Waals surface area contributed by atoms with E-state index in [0.717, 1.165) is 29.9 Å². The second-order valence-corrected chi connectivity index (χ2v) is 4.58. The average Bonchev–Trinajstić information content (AvgIpc) is 2.93. The van der Waals surface area contributed by atoms with Crippen molar-refractivity contribution in [3.63, 3.8) is 0 Å². The Bertz CT molecular complexity index is 509. The lowest BCUT2D eigenvalue weighted by molar-refractivity contribution is 0.392. The van der Waals surface area contributed by atoms with Crippen LogP contribution in [0.2, 0.25) is 0 Å². The molecule has 0 saturated carbocycles. The van der Waals surface area contributed by atoms with E-state index >= 15 is 0 Å². The Morgan fingerprint density at radius 2 is 2.21 bits per heavy atom. The Labute approximate surface area is 113 Å². The van der Waals surface area contributed by atoms with Crippen LogP contribution in [0, 0.1) is 6.92 Å². The van der Waals surface area contributed by atoms with E-state index in [1.165, 1.54) is 5.56 Å². The highest BCUT2D eigenvalue weighted by Gasteiger charge is 2.15. The molecule has 0 radical (unpaired) electrons. The summed E-state index contributed by atoms with van der Waals surface area (Å²) < 4.78 is 10.7. The van der Waals surface area contributed by atoms with Crippen molar-refractivity contribution in [3.05, 3.63) is 53.5 Å². The zero-order valence-corrected chi connectivity index (χ0v) is 11.3. The Balaban J connectivity index is 2.14. The van der Waals surface area contributed by atoms with Gasteiger partial charge in [0.15, 0.2) is 0 Å². The third-order valence-electron chi connectivity index (χ3n) is 3.22. The summed E-state index contributed by atoms with van der Waals surface area (Å²) in [6.45, 7) is 2.06. The van der Waals surface area contributed by atoms with Gasteiger partial charge < -0.3 is 9.15 Å². The van der Waals surface area contributed by atoms with E-state index in [-0.39, 0.29) is 6.04 Å². The third-order valence-corrected chi connectivity index (χ3v) is 3.22. The van der Waals surface area contributed by atoms with Crippen LogP contribution < -0.4 is 16.0 Å². The van der Waals surface area contributed by atoms with Crippen molar-refractivity contribution in [2.45, 2.75) is 25.8 Å². The van der Waals surface area contributed by atoms with Gasteiger partial charge >= 0.3 is 0 Å². The summed E-state index contributed by atoms with van der Waals surface area (Å²) in [7, 11) is 1.67. The van der Waals surface area contributed by atoms with Crippen LogP contribution in [-0.2, 0) is 6.42 Å². The fraction of sp³-hybridized carbons (Fsp3) is 0.333. The van der Waals surface area contributed by atoms with Crippen LogP contribution in [0.25, 0.3) is 0 Å². The van der Waals surface area contributed by atoms with Crippen molar-refractivity contribution in [2.24, 2.45) is 5.84 Å². The molecule has 102 valence electrons. The molecule has 4 heteroatoms. The quantitative estimate of drug-likeness (QED) is 0.619. The number of hydrazine groups is 1. The molecule has 0 spiro atoms. The van der Waals surface area contributed by atoms with E-state index in [1.54, 1.807) is 13.4 Å². The van der Waals surface area contributed by atoms with Gasteiger partial charge in [-0.05, 0) is 31.5 Å². The van der Waals surface area contributed by atoms with Crippen molar-refractivity contribution >= 4 is 0 Å². The van der Waals surface area contributed by atoms with Gasteiger partial charge in [0, 0.05) is 12.0 Å². The lowest BCUT2D eigenvalue weighted by Crippen LogP contribution is -2.28. The third kappa shape index (κ3) is 3.36. The van der Waals surface area contributed by atoms with Crippen LogP contribution in [0.4, 0.5) is 0 Å². The summed E-state index contributed by atoms with van der Waals surface area (Å²) in [4.78, 5) is 0. The average molecular weight is 260 g/mol. The Morgan fingerprint density at radius 3 is 2.84 bits per heavy atom. The van der Waals surface area contributed by atoms with Crippen LogP contribution in [-0.4, -0.2) is 7.11 Å². The number of methoxy groups -OCH3 is 1. The number of hydrogen-bond donors (Lipinski definition) is 2. The van der Waals surface area contributed by atoms with Gasteiger partial charge in [0.2, 0.25) is 0 Å². The normalized spacial score (nSPS) is 12.4. The van der Waals surface area contributed by atoms with Crippen LogP contribution >= 0.6 is 0 Å². The Kier molecular flexibility index (Phi) is 4.60. The van der Waals surface area contributed by atoms with E-state index in [9.17, 15) is 0 Å². The van der Waals surface area contributed by atoms with Gasteiger partial charge in [-0.3, -0.25) is 11.3 Å². The summed E-state index contributed by atoms with van der Waals surface area (Å²) in [5.41, 5.74) is 5.13. The number of aryl methyl sites for hydroxylation is 2. The zero-order valence-electron chi connectivity index (χ0n) is 11.3. The van der Waals surface area contributed by atoms with E-state index < -0.39 is 0 Å². The molecule has 0 aliphatic rings. The standard InChI is InChI=1S/C15H20N2O2/c1-11-5-8-15(18-2)13(10-11)14(17-16)7-6-12-4-3-9-19-12/h3-5,8-10,14,17H,6-7,16H2,1-2H3. The summed E-state index contributed by atoms with van der Waals surface area (Å²) in [6.07, 6.45) is 3.37. The molecule has 2 aromatic rings. The number of nitrogens with two attached hydrogens (primary N) is 1. The van der Waals surface area contributed by atoms with Crippen LogP contribution in [0.1, 0.15) is 29.3 Å². The fourth-order valence-electron chi connectivity index (χ4n) is 2.20. The minimum absolute atomic E-state index is 0.0416. The predicted octanol–water partition coefficient (Wildman–Crippen LogP) is 2.73. The molecule has 1 aromatic carbocycles.